The number of hydrogen-bond acceptors (Lipinski definition) is 6. The van der Waals surface area contributed by atoms with Gasteiger partial charge >= 0.3 is 0 Å². The van der Waals surface area contributed by atoms with Crippen LogP contribution in [0.25, 0.3) is 0 Å². The summed E-state index contributed by atoms with van der Waals surface area (Å²) in [7, 11) is 0. The molecule has 0 bridgehead atoms. The van der Waals surface area contributed by atoms with Gasteiger partial charge in [0.15, 0.2) is 17.2 Å². The van der Waals surface area contributed by atoms with E-state index < -0.39 is 0 Å². The van der Waals surface area contributed by atoms with Crippen LogP contribution in [0.4, 0.5) is 0 Å². The van der Waals surface area contributed by atoms with Crippen molar-refractivity contribution in [3.63, 3.8) is 0 Å². The second-order valence-corrected chi connectivity index (χ2v) is 5.73. The third-order valence-corrected chi connectivity index (χ3v) is 4.07. The van der Waals surface area contributed by atoms with Crippen molar-refractivity contribution in [2.24, 2.45) is 0 Å². The highest BCUT2D eigenvalue weighted by Crippen LogP contribution is 2.35. The van der Waals surface area contributed by atoms with E-state index in [1.165, 1.54) is 0 Å². The van der Waals surface area contributed by atoms with Crippen molar-refractivity contribution in [1.29, 1.82) is 0 Å². The summed E-state index contributed by atoms with van der Waals surface area (Å²) in [4.78, 5) is 0. The van der Waals surface area contributed by atoms with Gasteiger partial charge in [0.25, 0.3) is 0 Å². The molecule has 0 N–H and O–H groups in total. The van der Waals surface area contributed by atoms with Gasteiger partial charge in [0, 0.05) is 10.8 Å². The van der Waals surface area contributed by atoms with Crippen LogP contribution in [0.2, 0.25) is 0 Å². The fraction of sp³-hybridized carbons (Fsp3) is 0.385. The molecule has 0 radical (unpaired) electrons. The maximum atomic E-state index is 5.46. The Hall–Kier alpha value is -1.40. The Kier molecular flexibility index (Phi) is 3.79. The van der Waals surface area contributed by atoms with E-state index in [1.807, 2.05) is 29.1 Å². The lowest BCUT2D eigenvalue weighted by atomic mass is 10.4. The van der Waals surface area contributed by atoms with Gasteiger partial charge in [-0.3, -0.25) is 0 Å². The van der Waals surface area contributed by atoms with E-state index in [2.05, 4.69) is 0 Å². The van der Waals surface area contributed by atoms with E-state index in [0.29, 0.717) is 19.8 Å². The highest BCUT2D eigenvalue weighted by Gasteiger charge is 2.16. The second kappa shape index (κ2) is 5.71. The first kappa shape index (κ1) is 12.6. The summed E-state index contributed by atoms with van der Waals surface area (Å²) in [5, 5.41) is 6.81. The summed E-state index contributed by atoms with van der Waals surface area (Å²) in [6.07, 6.45) is 0.196. The lowest BCUT2D eigenvalue weighted by Crippen LogP contribution is -2.24. The van der Waals surface area contributed by atoms with Crippen molar-refractivity contribution in [3.8, 4) is 22.3 Å². The molecule has 2 aromatic heterocycles. The second-order valence-electron chi connectivity index (χ2n) is 4.11. The van der Waals surface area contributed by atoms with Gasteiger partial charge in [-0.15, -0.1) is 22.7 Å². The fourth-order valence-electron chi connectivity index (χ4n) is 1.70. The maximum Gasteiger partial charge on any atom is 0.217 e. The van der Waals surface area contributed by atoms with Gasteiger partial charge in [0.05, 0.1) is 0 Å². The van der Waals surface area contributed by atoms with Gasteiger partial charge in [0.1, 0.15) is 25.9 Å². The zero-order chi connectivity index (χ0) is 13.1. The summed E-state index contributed by atoms with van der Waals surface area (Å²) < 4.78 is 21.3. The molecule has 0 saturated heterocycles. The van der Waals surface area contributed by atoms with Crippen LogP contribution < -0.4 is 18.9 Å². The van der Waals surface area contributed by atoms with Crippen molar-refractivity contribution in [2.45, 2.75) is 13.0 Å². The number of rotatable bonds is 0. The quantitative estimate of drug-likeness (QED) is 0.747. The molecular weight excluding hydrogens is 284 g/mol. The van der Waals surface area contributed by atoms with Crippen LogP contribution in [0.15, 0.2) is 22.2 Å². The van der Waals surface area contributed by atoms with Gasteiger partial charge in [-0.05, 0) is 18.4 Å². The topological polar surface area (TPSA) is 36.9 Å². The van der Waals surface area contributed by atoms with Gasteiger partial charge in [-0.1, -0.05) is 0 Å². The molecule has 102 valence electrons. The van der Waals surface area contributed by atoms with E-state index in [9.17, 15) is 0 Å². The number of fused-ring (bicyclic) bond motifs is 2. The molecular formula is C13H14O4S2. The molecule has 0 amide bonds. The number of thiophene rings is 2. The zero-order valence-corrected chi connectivity index (χ0v) is 12.1. The molecule has 0 saturated carbocycles. The van der Waals surface area contributed by atoms with Crippen LogP contribution in [0.1, 0.15) is 6.92 Å². The van der Waals surface area contributed by atoms with Crippen molar-refractivity contribution in [2.75, 3.05) is 19.8 Å². The van der Waals surface area contributed by atoms with Crippen molar-refractivity contribution in [3.05, 3.63) is 22.2 Å². The molecule has 19 heavy (non-hydrogen) atoms. The molecule has 0 fully saturated rings. The van der Waals surface area contributed by atoms with E-state index in [-0.39, 0.29) is 6.10 Å². The van der Waals surface area contributed by atoms with E-state index in [0.717, 1.165) is 22.3 Å². The van der Waals surface area contributed by atoms with Gasteiger partial charge in [-0.2, -0.15) is 0 Å². The first-order valence-electron chi connectivity index (χ1n) is 6.01. The Labute approximate surface area is 119 Å². The minimum Gasteiger partial charge on any atom is -0.485 e. The molecule has 2 aromatic rings. The Balaban J connectivity index is 0.000000117. The van der Waals surface area contributed by atoms with Crippen molar-refractivity contribution < 1.29 is 18.9 Å². The van der Waals surface area contributed by atoms with Gasteiger partial charge in [0.2, 0.25) is 5.06 Å². The molecule has 4 nitrogen and oxygen atoms in total. The summed E-state index contributed by atoms with van der Waals surface area (Å²) in [5.74, 6) is 2.68. The maximum absolute atomic E-state index is 5.46. The molecule has 0 spiro atoms. The average molecular weight is 298 g/mol. The van der Waals surface area contributed by atoms with Crippen LogP contribution in [-0.4, -0.2) is 25.9 Å². The minimum atomic E-state index is 0.196. The monoisotopic (exact) mass is 298 g/mol. The van der Waals surface area contributed by atoms with Crippen LogP contribution in [0.3, 0.4) is 0 Å². The Morgan fingerprint density at radius 3 is 2.79 bits per heavy atom. The highest BCUT2D eigenvalue weighted by molar-refractivity contribution is 7.12. The first-order valence-corrected chi connectivity index (χ1v) is 7.84. The van der Waals surface area contributed by atoms with Crippen LogP contribution in [0.5, 0.6) is 22.3 Å². The standard InChI is InChI=1S/C7H8O2S.C6H6O2S/c1-5-2-8-6-3-10-4-7(6)9-5;1-4-9-6-5(1)7-2-3-8-6/h3-5H,2H2,1H3;1,4H,2-3H2. The van der Waals surface area contributed by atoms with Crippen LogP contribution in [-0.2, 0) is 0 Å². The third kappa shape index (κ3) is 2.96. The molecule has 1 atom stereocenters. The number of hydrogen-bond donors (Lipinski definition) is 0. The van der Waals surface area contributed by atoms with Gasteiger partial charge in [-0.25, -0.2) is 0 Å². The Morgan fingerprint density at radius 1 is 1.05 bits per heavy atom. The molecule has 2 aliphatic heterocycles. The molecule has 1 unspecified atom stereocenters. The average Bonchev–Trinajstić information content (AvgIpc) is 3.07. The smallest absolute Gasteiger partial charge is 0.217 e. The molecule has 4 rings (SSSR count). The summed E-state index contributed by atoms with van der Waals surface area (Å²) in [5.41, 5.74) is 0. The SMILES string of the molecule is CC1COc2cscc2O1.c1cc2c(s1)OCCO2. The molecule has 0 aliphatic carbocycles. The van der Waals surface area contributed by atoms with E-state index >= 15 is 0 Å². The summed E-state index contributed by atoms with van der Waals surface area (Å²) in [6, 6.07) is 1.93. The first-order chi connectivity index (χ1) is 9.33. The highest BCUT2D eigenvalue weighted by atomic mass is 32.1. The van der Waals surface area contributed by atoms with Gasteiger partial charge < -0.3 is 18.9 Å². The van der Waals surface area contributed by atoms with Crippen LogP contribution >= 0.6 is 22.7 Å². The molecule has 6 heteroatoms. The molecule has 0 aromatic carbocycles. The van der Waals surface area contributed by atoms with Crippen molar-refractivity contribution in [1.82, 2.24) is 0 Å². The Morgan fingerprint density at radius 2 is 1.89 bits per heavy atom. The fourth-order valence-corrected chi connectivity index (χ4v) is 3.09. The number of ether oxygens (including phenoxy) is 4. The molecule has 4 heterocycles. The normalized spacial score (nSPS) is 19.3. The minimum absolute atomic E-state index is 0.196. The zero-order valence-electron chi connectivity index (χ0n) is 10.5. The van der Waals surface area contributed by atoms with E-state index in [1.54, 1.807) is 22.7 Å². The largest absolute Gasteiger partial charge is 0.485 e. The van der Waals surface area contributed by atoms with E-state index in [4.69, 9.17) is 18.9 Å². The molecule has 2 aliphatic rings. The summed E-state index contributed by atoms with van der Waals surface area (Å²) in [6.45, 7) is 4.04. The third-order valence-electron chi connectivity index (χ3n) is 2.56. The lowest BCUT2D eigenvalue weighted by molar-refractivity contribution is 0.106. The summed E-state index contributed by atoms with van der Waals surface area (Å²) >= 11 is 3.19. The Bertz CT molecular complexity index is 514. The predicted molar refractivity (Wildman–Crippen MR) is 75.2 cm³/mol. The van der Waals surface area contributed by atoms with Crippen LogP contribution in [0, 0.1) is 0 Å². The predicted octanol–water partition coefficient (Wildman–Crippen LogP) is 3.43. The lowest BCUT2D eigenvalue weighted by Gasteiger charge is -2.20. The van der Waals surface area contributed by atoms with Crippen molar-refractivity contribution >= 4 is 22.7 Å².